The summed E-state index contributed by atoms with van der Waals surface area (Å²) < 4.78 is 5.43. The quantitative estimate of drug-likeness (QED) is 0.787. The minimum Gasteiger partial charge on any atom is -0.484 e. The van der Waals surface area contributed by atoms with Gasteiger partial charge in [-0.15, -0.1) is 0 Å². The van der Waals surface area contributed by atoms with Gasteiger partial charge in [-0.25, -0.2) is 0 Å². The molecule has 0 spiro atoms. The lowest BCUT2D eigenvalue weighted by atomic mass is 9.97. The Labute approximate surface area is 131 Å². The van der Waals surface area contributed by atoms with E-state index in [2.05, 4.69) is 17.5 Å². The first-order valence-corrected chi connectivity index (χ1v) is 7.81. The number of ether oxygens (including phenoxy) is 1. The van der Waals surface area contributed by atoms with Gasteiger partial charge in [0.1, 0.15) is 5.75 Å². The van der Waals surface area contributed by atoms with Crippen LogP contribution >= 0.6 is 0 Å². The number of benzene rings is 1. The molecule has 1 aromatic rings. The molecule has 1 aliphatic carbocycles. The zero-order valence-corrected chi connectivity index (χ0v) is 12.8. The third-order valence-corrected chi connectivity index (χ3v) is 3.73. The Morgan fingerprint density at radius 2 is 2.09 bits per heavy atom. The lowest BCUT2D eigenvalue weighted by molar-refractivity contribution is -0.123. The van der Waals surface area contributed by atoms with E-state index in [1.165, 1.54) is 31.3 Å². The van der Waals surface area contributed by atoms with Crippen LogP contribution in [0.3, 0.4) is 0 Å². The fraction of sp³-hybridized carbons (Fsp3) is 0.444. The smallest absolute Gasteiger partial charge is 0.257 e. The Bertz CT molecular complexity index is 555. The van der Waals surface area contributed by atoms with Crippen molar-refractivity contribution in [2.24, 2.45) is 0 Å². The van der Waals surface area contributed by atoms with E-state index in [0.717, 1.165) is 12.0 Å². The van der Waals surface area contributed by atoms with Gasteiger partial charge in [0.05, 0.1) is 12.5 Å². The fourth-order valence-corrected chi connectivity index (χ4v) is 2.49. The van der Waals surface area contributed by atoms with E-state index in [9.17, 15) is 4.79 Å². The number of rotatable bonds is 7. The van der Waals surface area contributed by atoms with Crippen molar-refractivity contribution in [3.63, 3.8) is 0 Å². The van der Waals surface area contributed by atoms with Gasteiger partial charge in [0.25, 0.3) is 5.91 Å². The van der Waals surface area contributed by atoms with Crippen molar-refractivity contribution in [1.29, 1.82) is 5.26 Å². The standard InChI is InChI=1S/C18H22N2O2/c19-12-10-16-6-8-17(9-7-16)22-14-18(21)20-13-11-15-4-2-1-3-5-15/h4,6-9H,1-3,5,10-11,13-14H2,(H,20,21). The maximum Gasteiger partial charge on any atom is 0.257 e. The van der Waals surface area contributed by atoms with Gasteiger partial charge in [-0.2, -0.15) is 5.26 Å². The summed E-state index contributed by atoms with van der Waals surface area (Å²) in [5.74, 6) is 0.546. The predicted octanol–water partition coefficient (Wildman–Crippen LogP) is 3.14. The third kappa shape index (κ3) is 5.61. The molecule has 0 atom stereocenters. The molecule has 1 amide bonds. The van der Waals surface area contributed by atoms with Crippen molar-refractivity contribution in [3.8, 4) is 11.8 Å². The van der Waals surface area contributed by atoms with Crippen molar-refractivity contribution in [2.45, 2.75) is 38.5 Å². The minimum atomic E-state index is -0.0995. The third-order valence-electron chi connectivity index (χ3n) is 3.73. The molecule has 0 saturated heterocycles. The summed E-state index contributed by atoms with van der Waals surface area (Å²) in [6, 6.07) is 9.34. The molecular weight excluding hydrogens is 276 g/mol. The first-order chi connectivity index (χ1) is 10.8. The SMILES string of the molecule is N#CCc1ccc(OCC(=O)NCCC2=CCCCC2)cc1. The van der Waals surface area contributed by atoms with Crippen molar-refractivity contribution in [1.82, 2.24) is 5.32 Å². The molecule has 116 valence electrons. The second-order valence-corrected chi connectivity index (χ2v) is 5.48. The zero-order valence-electron chi connectivity index (χ0n) is 12.8. The predicted molar refractivity (Wildman–Crippen MR) is 85.4 cm³/mol. The number of hydrogen-bond donors (Lipinski definition) is 1. The Hall–Kier alpha value is -2.28. The lowest BCUT2D eigenvalue weighted by Gasteiger charge is -2.13. The normalized spacial score (nSPS) is 13.9. The molecule has 4 nitrogen and oxygen atoms in total. The summed E-state index contributed by atoms with van der Waals surface area (Å²) >= 11 is 0. The van der Waals surface area contributed by atoms with E-state index >= 15 is 0 Å². The summed E-state index contributed by atoms with van der Waals surface area (Å²) in [7, 11) is 0. The molecule has 22 heavy (non-hydrogen) atoms. The molecule has 0 saturated carbocycles. The van der Waals surface area contributed by atoms with Gasteiger partial charge in [-0.05, 0) is 49.8 Å². The Morgan fingerprint density at radius 3 is 2.77 bits per heavy atom. The molecule has 0 fully saturated rings. The van der Waals surface area contributed by atoms with Crippen LogP contribution in [0.4, 0.5) is 0 Å². The monoisotopic (exact) mass is 298 g/mol. The molecule has 1 aliphatic rings. The van der Waals surface area contributed by atoms with E-state index in [0.29, 0.717) is 18.7 Å². The van der Waals surface area contributed by atoms with Crippen LogP contribution in [0.5, 0.6) is 5.75 Å². The second-order valence-electron chi connectivity index (χ2n) is 5.48. The molecule has 1 N–H and O–H groups in total. The summed E-state index contributed by atoms with van der Waals surface area (Å²) in [6.45, 7) is 0.700. The minimum absolute atomic E-state index is 0.0244. The van der Waals surface area contributed by atoms with Crippen molar-refractivity contribution >= 4 is 5.91 Å². The Morgan fingerprint density at radius 1 is 1.27 bits per heavy atom. The molecule has 1 aromatic carbocycles. The second kappa shape index (κ2) is 8.89. The van der Waals surface area contributed by atoms with Crippen LogP contribution in [0, 0.1) is 11.3 Å². The maximum atomic E-state index is 11.7. The largest absolute Gasteiger partial charge is 0.484 e. The van der Waals surface area contributed by atoms with Gasteiger partial charge < -0.3 is 10.1 Å². The number of allylic oxidation sites excluding steroid dienone is 1. The van der Waals surface area contributed by atoms with Crippen molar-refractivity contribution in [3.05, 3.63) is 41.5 Å². The summed E-state index contributed by atoms with van der Waals surface area (Å²) in [5.41, 5.74) is 2.40. The highest BCUT2D eigenvalue weighted by Gasteiger charge is 2.06. The summed E-state index contributed by atoms with van der Waals surface area (Å²) in [6.07, 6.45) is 8.53. The molecule has 0 heterocycles. The van der Waals surface area contributed by atoms with Crippen LogP contribution < -0.4 is 10.1 Å². The summed E-state index contributed by atoms with van der Waals surface area (Å²) in [4.78, 5) is 11.7. The van der Waals surface area contributed by atoms with Gasteiger partial charge in [-0.1, -0.05) is 23.8 Å². The van der Waals surface area contributed by atoms with Gasteiger partial charge in [0.15, 0.2) is 6.61 Å². The average molecular weight is 298 g/mol. The van der Waals surface area contributed by atoms with E-state index in [-0.39, 0.29) is 12.5 Å². The van der Waals surface area contributed by atoms with E-state index < -0.39 is 0 Å². The number of hydrogen-bond acceptors (Lipinski definition) is 3. The maximum absolute atomic E-state index is 11.7. The van der Waals surface area contributed by atoms with Gasteiger partial charge in [0, 0.05) is 6.54 Å². The van der Waals surface area contributed by atoms with Crippen LogP contribution in [0.25, 0.3) is 0 Å². The van der Waals surface area contributed by atoms with Crippen molar-refractivity contribution in [2.75, 3.05) is 13.2 Å². The van der Waals surface area contributed by atoms with Crippen LogP contribution in [0.15, 0.2) is 35.9 Å². The Kier molecular flexibility index (Phi) is 6.50. The van der Waals surface area contributed by atoms with E-state index in [4.69, 9.17) is 10.00 Å². The molecule has 0 unspecified atom stereocenters. The molecule has 0 aliphatic heterocycles. The number of carbonyl (C=O) groups is 1. The average Bonchev–Trinajstić information content (AvgIpc) is 2.55. The summed E-state index contributed by atoms with van der Waals surface area (Å²) in [5, 5.41) is 11.5. The number of amides is 1. The van der Waals surface area contributed by atoms with Gasteiger partial charge in [0.2, 0.25) is 0 Å². The molecule has 0 bridgehead atoms. The number of carbonyl (C=O) groups excluding carboxylic acids is 1. The number of nitrogens with zero attached hydrogens (tertiary/aromatic N) is 1. The van der Waals surface area contributed by atoms with E-state index in [1.54, 1.807) is 12.1 Å². The van der Waals surface area contributed by atoms with E-state index in [1.807, 2.05) is 12.1 Å². The first kappa shape index (κ1) is 16.1. The molecule has 0 aromatic heterocycles. The van der Waals surface area contributed by atoms with Crippen LogP contribution in [0.1, 0.15) is 37.7 Å². The molecular formula is C18H22N2O2. The van der Waals surface area contributed by atoms with Crippen molar-refractivity contribution < 1.29 is 9.53 Å². The zero-order chi connectivity index (χ0) is 15.6. The highest BCUT2D eigenvalue weighted by Crippen LogP contribution is 2.19. The Balaban J connectivity index is 1.64. The fourth-order valence-electron chi connectivity index (χ4n) is 2.49. The highest BCUT2D eigenvalue weighted by molar-refractivity contribution is 5.77. The van der Waals surface area contributed by atoms with Crippen LogP contribution in [-0.4, -0.2) is 19.1 Å². The lowest BCUT2D eigenvalue weighted by Crippen LogP contribution is -2.30. The van der Waals surface area contributed by atoms with Crippen LogP contribution in [-0.2, 0) is 11.2 Å². The first-order valence-electron chi connectivity index (χ1n) is 7.81. The van der Waals surface area contributed by atoms with Crippen LogP contribution in [0.2, 0.25) is 0 Å². The highest BCUT2D eigenvalue weighted by atomic mass is 16.5. The van der Waals surface area contributed by atoms with Gasteiger partial charge in [-0.3, -0.25) is 4.79 Å². The molecule has 0 radical (unpaired) electrons. The molecule has 2 rings (SSSR count). The number of nitriles is 1. The topological polar surface area (TPSA) is 62.1 Å². The number of nitrogens with one attached hydrogen (secondary N) is 1. The molecule has 4 heteroatoms. The van der Waals surface area contributed by atoms with Gasteiger partial charge >= 0.3 is 0 Å².